The molecule has 4 rings (SSSR count). The maximum atomic E-state index is 13.9. The molecule has 1 aromatic carbocycles. The average molecular weight is 347 g/mol. The lowest BCUT2D eigenvalue weighted by Crippen LogP contribution is -2.59. The van der Waals surface area contributed by atoms with E-state index in [2.05, 4.69) is 15.6 Å². The summed E-state index contributed by atoms with van der Waals surface area (Å²) in [6.07, 6.45) is 3.83. The lowest BCUT2D eigenvalue weighted by molar-refractivity contribution is 0.0663. The van der Waals surface area contributed by atoms with Gasteiger partial charge in [0.25, 0.3) is 5.91 Å². The van der Waals surface area contributed by atoms with Crippen LogP contribution < -0.4 is 5.32 Å². The number of likely N-dealkylation sites (tertiary alicyclic amines) is 1. The van der Waals surface area contributed by atoms with Crippen LogP contribution in [-0.2, 0) is 0 Å². The number of nitrogens with one attached hydrogen (secondary N) is 1. The number of rotatable bonds is 5. The smallest absolute Gasteiger partial charge is 0.273 e. The summed E-state index contributed by atoms with van der Waals surface area (Å²) in [4.78, 5) is 14.2. The summed E-state index contributed by atoms with van der Waals surface area (Å²) in [7, 11) is 0. The predicted molar refractivity (Wildman–Crippen MR) is 85.9 cm³/mol. The zero-order chi connectivity index (χ0) is 17.6. The lowest BCUT2D eigenvalue weighted by Gasteiger charge is -2.43. The fourth-order valence-electron chi connectivity index (χ4n) is 3.11. The van der Waals surface area contributed by atoms with E-state index >= 15 is 0 Å². The molecule has 1 aromatic heterocycles. The molecule has 1 aliphatic heterocycles. The van der Waals surface area contributed by atoms with E-state index in [1.165, 1.54) is 6.07 Å². The van der Waals surface area contributed by atoms with Crippen molar-refractivity contribution >= 4 is 5.91 Å². The zero-order valence-electron chi connectivity index (χ0n) is 13.8. The Morgan fingerprint density at radius 2 is 2.08 bits per heavy atom. The highest BCUT2D eigenvalue weighted by Crippen LogP contribution is 2.33. The highest BCUT2D eigenvalue weighted by atomic mass is 19.1. The first-order valence-electron chi connectivity index (χ1n) is 8.43. The summed E-state index contributed by atoms with van der Waals surface area (Å²) >= 11 is 0. The van der Waals surface area contributed by atoms with Crippen LogP contribution in [0.1, 0.15) is 47.9 Å². The van der Waals surface area contributed by atoms with Gasteiger partial charge in [-0.05, 0) is 38.0 Å². The van der Waals surface area contributed by atoms with E-state index < -0.39 is 11.6 Å². The van der Waals surface area contributed by atoms with Crippen LogP contribution >= 0.6 is 0 Å². The number of carbonyl (C=O) groups excluding carboxylic acids is 1. The number of hydrogen-bond donors (Lipinski definition) is 1. The molecule has 2 aromatic rings. The molecule has 2 fully saturated rings. The summed E-state index contributed by atoms with van der Waals surface area (Å²) in [5, 5.41) is 10.8. The van der Waals surface area contributed by atoms with Crippen LogP contribution in [0.5, 0.6) is 0 Å². The first-order valence-corrected chi connectivity index (χ1v) is 8.43. The standard InChI is InChI=1S/C17H19F2N5O/c1-10(14-6-11(18)2-5-15(14)19)23-7-12(8-23)20-17(25)16-9-24(22-21-16)13-3-4-13/h2,5-6,9-10,12-13H,3-4,7-8H2,1H3,(H,20,25). The van der Waals surface area contributed by atoms with E-state index in [0.717, 1.165) is 25.0 Å². The molecule has 0 spiro atoms. The predicted octanol–water partition coefficient (Wildman–Crippen LogP) is 2.07. The van der Waals surface area contributed by atoms with Crippen LogP contribution in [0.25, 0.3) is 0 Å². The molecule has 132 valence electrons. The summed E-state index contributed by atoms with van der Waals surface area (Å²) in [5.74, 6) is -1.12. The minimum absolute atomic E-state index is 0.0300. The topological polar surface area (TPSA) is 63.1 Å². The number of hydrogen-bond acceptors (Lipinski definition) is 4. The second-order valence-electron chi connectivity index (χ2n) is 6.78. The molecule has 1 saturated carbocycles. The van der Waals surface area contributed by atoms with Crippen LogP contribution in [0.4, 0.5) is 8.78 Å². The van der Waals surface area contributed by atoms with E-state index in [0.29, 0.717) is 30.4 Å². The van der Waals surface area contributed by atoms with Gasteiger partial charge in [-0.15, -0.1) is 5.10 Å². The molecule has 2 heterocycles. The molecule has 1 aliphatic carbocycles. The van der Waals surface area contributed by atoms with Crippen LogP contribution in [0.3, 0.4) is 0 Å². The van der Waals surface area contributed by atoms with Gasteiger partial charge in [-0.3, -0.25) is 9.69 Å². The van der Waals surface area contributed by atoms with Crippen LogP contribution in [-0.4, -0.2) is 44.9 Å². The Kier molecular flexibility index (Phi) is 3.99. The Bertz CT molecular complexity index is 798. The second-order valence-corrected chi connectivity index (χ2v) is 6.78. The van der Waals surface area contributed by atoms with Crippen molar-refractivity contribution in [2.45, 2.75) is 37.9 Å². The monoisotopic (exact) mass is 347 g/mol. The summed E-state index contributed by atoms with van der Waals surface area (Å²) in [6, 6.07) is 3.58. The van der Waals surface area contributed by atoms with Crippen molar-refractivity contribution in [2.24, 2.45) is 0 Å². The first kappa shape index (κ1) is 16.1. The summed E-state index contributed by atoms with van der Waals surface area (Å²) < 4.78 is 28.9. The molecular formula is C17H19F2N5O. The number of amides is 1. The Labute approximate surface area is 143 Å². The summed E-state index contributed by atoms with van der Waals surface area (Å²) in [6.45, 7) is 3.00. The number of carbonyl (C=O) groups is 1. The Balaban J connectivity index is 1.32. The molecule has 2 aliphatic rings. The Hall–Kier alpha value is -2.35. The van der Waals surface area contributed by atoms with Gasteiger partial charge in [-0.2, -0.15) is 0 Å². The average Bonchev–Trinajstić information content (AvgIpc) is 3.29. The minimum atomic E-state index is -0.452. The van der Waals surface area contributed by atoms with Crippen molar-refractivity contribution in [1.82, 2.24) is 25.2 Å². The van der Waals surface area contributed by atoms with Crippen LogP contribution in [0.15, 0.2) is 24.4 Å². The van der Waals surface area contributed by atoms with Crippen molar-refractivity contribution in [1.29, 1.82) is 0 Å². The molecule has 6 nitrogen and oxygen atoms in total. The molecule has 0 bridgehead atoms. The third-order valence-electron chi connectivity index (χ3n) is 4.86. The van der Waals surface area contributed by atoms with Crippen molar-refractivity contribution in [3.05, 3.63) is 47.3 Å². The van der Waals surface area contributed by atoms with Crippen molar-refractivity contribution in [3.63, 3.8) is 0 Å². The van der Waals surface area contributed by atoms with Crippen LogP contribution in [0, 0.1) is 11.6 Å². The van der Waals surface area contributed by atoms with Gasteiger partial charge in [0.2, 0.25) is 0 Å². The van der Waals surface area contributed by atoms with Gasteiger partial charge in [0.05, 0.1) is 18.3 Å². The van der Waals surface area contributed by atoms with Gasteiger partial charge in [0, 0.05) is 24.7 Å². The zero-order valence-corrected chi connectivity index (χ0v) is 13.8. The second kappa shape index (κ2) is 6.18. The van der Waals surface area contributed by atoms with E-state index in [9.17, 15) is 13.6 Å². The fourth-order valence-corrected chi connectivity index (χ4v) is 3.11. The quantitative estimate of drug-likeness (QED) is 0.899. The third-order valence-corrected chi connectivity index (χ3v) is 4.86. The SMILES string of the molecule is CC(c1cc(F)ccc1F)N1CC(NC(=O)c2cn(C3CC3)nn2)C1. The summed E-state index contributed by atoms with van der Waals surface area (Å²) in [5.41, 5.74) is 0.645. The van der Waals surface area contributed by atoms with E-state index in [1.807, 2.05) is 11.8 Å². The maximum Gasteiger partial charge on any atom is 0.273 e. The molecule has 1 amide bonds. The van der Waals surface area contributed by atoms with Crippen molar-refractivity contribution < 1.29 is 13.6 Å². The molecule has 1 saturated heterocycles. The van der Waals surface area contributed by atoms with Crippen LogP contribution in [0.2, 0.25) is 0 Å². The van der Waals surface area contributed by atoms with E-state index in [4.69, 9.17) is 0 Å². The first-order chi connectivity index (χ1) is 12.0. The van der Waals surface area contributed by atoms with Crippen molar-refractivity contribution in [2.75, 3.05) is 13.1 Å². The molecule has 1 unspecified atom stereocenters. The van der Waals surface area contributed by atoms with Gasteiger partial charge in [0.15, 0.2) is 5.69 Å². The lowest BCUT2D eigenvalue weighted by atomic mass is 10.00. The highest BCUT2D eigenvalue weighted by Gasteiger charge is 2.34. The molecule has 8 heteroatoms. The Morgan fingerprint density at radius 3 is 2.80 bits per heavy atom. The van der Waals surface area contributed by atoms with Gasteiger partial charge >= 0.3 is 0 Å². The molecule has 25 heavy (non-hydrogen) atoms. The van der Waals surface area contributed by atoms with Crippen molar-refractivity contribution in [3.8, 4) is 0 Å². The number of benzene rings is 1. The van der Waals surface area contributed by atoms with Gasteiger partial charge in [-0.25, -0.2) is 13.5 Å². The molecular weight excluding hydrogens is 328 g/mol. The number of aromatic nitrogens is 3. The minimum Gasteiger partial charge on any atom is -0.345 e. The van der Waals surface area contributed by atoms with Gasteiger partial charge < -0.3 is 5.32 Å². The highest BCUT2D eigenvalue weighted by molar-refractivity contribution is 5.92. The van der Waals surface area contributed by atoms with Gasteiger partial charge in [0.1, 0.15) is 11.6 Å². The molecule has 1 atom stereocenters. The van der Waals surface area contributed by atoms with E-state index in [1.54, 1.807) is 10.9 Å². The van der Waals surface area contributed by atoms with Gasteiger partial charge in [-0.1, -0.05) is 5.21 Å². The fraction of sp³-hybridized carbons (Fsp3) is 0.471. The van der Waals surface area contributed by atoms with E-state index in [-0.39, 0.29) is 18.0 Å². The number of halogens is 2. The normalized spacial score (nSPS) is 19.5. The molecule has 1 N–H and O–H groups in total. The largest absolute Gasteiger partial charge is 0.345 e. The molecule has 0 radical (unpaired) electrons. The Morgan fingerprint density at radius 1 is 1.32 bits per heavy atom. The third kappa shape index (κ3) is 3.26. The number of nitrogens with zero attached hydrogens (tertiary/aromatic N) is 4. The maximum absolute atomic E-state index is 13.9.